The Balaban J connectivity index is 1.85. The number of nitrogens with one attached hydrogen (secondary N) is 2. The van der Waals surface area contributed by atoms with Crippen LogP contribution in [-0.4, -0.2) is 24.6 Å². The first-order valence-corrected chi connectivity index (χ1v) is 7.71. The number of Topliss-reactive ketones (excluding diaryl/α,β-unsaturated/α-hetero) is 1. The average molecular weight is 324 g/mol. The van der Waals surface area contributed by atoms with Gasteiger partial charge in [0.2, 0.25) is 5.91 Å². The molecule has 0 heterocycles. The lowest BCUT2D eigenvalue weighted by Crippen LogP contribution is -2.18. The molecule has 0 aliphatic carbocycles. The molecule has 0 saturated heterocycles. The molecule has 5 heteroatoms. The second-order valence-electron chi connectivity index (χ2n) is 5.49. The van der Waals surface area contributed by atoms with Gasteiger partial charge < -0.3 is 10.6 Å². The van der Waals surface area contributed by atoms with E-state index in [0.717, 1.165) is 5.56 Å². The number of carbonyl (C=O) groups excluding carboxylic acids is 3. The quantitative estimate of drug-likeness (QED) is 0.802. The molecule has 5 nitrogen and oxygen atoms in total. The fourth-order valence-corrected chi connectivity index (χ4v) is 2.18. The van der Waals surface area contributed by atoms with Crippen molar-refractivity contribution in [1.82, 2.24) is 5.32 Å². The van der Waals surface area contributed by atoms with Crippen LogP contribution in [0.3, 0.4) is 0 Å². The third-order valence-corrected chi connectivity index (χ3v) is 3.61. The van der Waals surface area contributed by atoms with E-state index in [1.165, 1.54) is 0 Å². The summed E-state index contributed by atoms with van der Waals surface area (Å²) >= 11 is 0. The van der Waals surface area contributed by atoms with Crippen LogP contribution >= 0.6 is 0 Å². The summed E-state index contributed by atoms with van der Waals surface area (Å²) in [5, 5.41) is 5.25. The molecule has 2 aromatic rings. The van der Waals surface area contributed by atoms with Crippen molar-refractivity contribution in [2.45, 2.75) is 19.8 Å². The molecule has 2 N–H and O–H groups in total. The molecule has 0 saturated carbocycles. The molecule has 0 fully saturated rings. The Kier molecular flexibility index (Phi) is 5.84. The number of rotatable bonds is 6. The zero-order valence-electron chi connectivity index (χ0n) is 13.8. The van der Waals surface area contributed by atoms with Crippen molar-refractivity contribution < 1.29 is 14.4 Å². The van der Waals surface area contributed by atoms with Crippen LogP contribution < -0.4 is 10.6 Å². The maximum absolute atomic E-state index is 12.0. The first-order valence-electron chi connectivity index (χ1n) is 7.71. The lowest BCUT2D eigenvalue weighted by molar-refractivity contribution is -0.116. The molecular formula is C19H20N2O3. The minimum atomic E-state index is -0.233. The summed E-state index contributed by atoms with van der Waals surface area (Å²) in [4.78, 5) is 35.4. The topological polar surface area (TPSA) is 75.3 Å². The van der Waals surface area contributed by atoms with Crippen LogP contribution in [-0.2, 0) is 4.79 Å². The maximum Gasteiger partial charge on any atom is 0.251 e. The smallest absolute Gasteiger partial charge is 0.251 e. The van der Waals surface area contributed by atoms with Crippen molar-refractivity contribution in [2.24, 2.45) is 0 Å². The molecule has 0 aliphatic heterocycles. The Labute approximate surface area is 141 Å². The van der Waals surface area contributed by atoms with E-state index < -0.39 is 0 Å². The van der Waals surface area contributed by atoms with E-state index in [9.17, 15) is 14.4 Å². The highest BCUT2D eigenvalue weighted by atomic mass is 16.2. The number of carbonyl (C=O) groups is 3. The van der Waals surface area contributed by atoms with Crippen LogP contribution in [0.15, 0.2) is 48.5 Å². The number of hydrogen-bond donors (Lipinski definition) is 2. The van der Waals surface area contributed by atoms with Gasteiger partial charge in [-0.2, -0.15) is 0 Å². The molecule has 2 aromatic carbocycles. The predicted octanol–water partition coefficient (Wildman–Crippen LogP) is 2.96. The van der Waals surface area contributed by atoms with Gasteiger partial charge in [-0.05, 0) is 31.2 Å². The molecule has 0 bridgehead atoms. The van der Waals surface area contributed by atoms with E-state index in [1.807, 2.05) is 19.1 Å². The van der Waals surface area contributed by atoms with E-state index in [0.29, 0.717) is 16.8 Å². The molecule has 0 spiro atoms. The largest absolute Gasteiger partial charge is 0.355 e. The van der Waals surface area contributed by atoms with Gasteiger partial charge in [0.05, 0.1) is 0 Å². The number of ketones is 1. The monoisotopic (exact) mass is 324 g/mol. The molecule has 0 atom stereocenters. The summed E-state index contributed by atoms with van der Waals surface area (Å²) < 4.78 is 0. The van der Waals surface area contributed by atoms with Gasteiger partial charge >= 0.3 is 0 Å². The normalized spacial score (nSPS) is 10.1. The summed E-state index contributed by atoms with van der Waals surface area (Å²) in [6.07, 6.45) is 0.273. The van der Waals surface area contributed by atoms with E-state index in [2.05, 4.69) is 10.6 Å². The molecular weight excluding hydrogens is 304 g/mol. The maximum atomic E-state index is 12.0. The molecule has 2 amide bonds. The van der Waals surface area contributed by atoms with E-state index in [-0.39, 0.29) is 30.4 Å². The zero-order chi connectivity index (χ0) is 17.5. The second-order valence-corrected chi connectivity index (χ2v) is 5.49. The van der Waals surface area contributed by atoms with Crippen molar-refractivity contribution in [3.05, 3.63) is 65.2 Å². The third kappa shape index (κ3) is 4.78. The molecule has 0 aliphatic rings. The number of hydrogen-bond acceptors (Lipinski definition) is 3. The Morgan fingerprint density at radius 3 is 2.00 bits per heavy atom. The number of aryl methyl sites for hydroxylation is 1. The highest BCUT2D eigenvalue weighted by Crippen LogP contribution is 2.12. The fraction of sp³-hybridized carbons (Fsp3) is 0.211. The lowest BCUT2D eigenvalue weighted by atomic mass is 10.0. The zero-order valence-corrected chi connectivity index (χ0v) is 13.8. The summed E-state index contributed by atoms with van der Waals surface area (Å²) in [7, 11) is 1.56. The number of anilines is 1. The van der Waals surface area contributed by atoms with Gasteiger partial charge in [-0.15, -0.1) is 0 Å². The molecule has 0 aromatic heterocycles. The first-order chi connectivity index (χ1) is 11.5. The van der Waals surface area contributed by atoms with Crippen LogP contribution in [0.5, 0.6) is 0 Å². The van der Waals surface area contributed by atoms with Gasteiger partial charge in [0.25, 0.3) is 5.91 Å². The first kappa shape index (κ1) is 17.4. The second kappa shape index (κ2) is 8.06. The standard InChI is InChI=1S/C19H20N2O3/c1-13-3-5-14(6-4-13)17(22)11-12-18(23)21-16-9-7-15(8-10-16)19(24)20-2/h3-10H,11-12H2,1-2H3,(H,20,24)(H,21,23). The SMILES string of the molecule is CNC(=O)c1ccc(NC(=O)CCC(=O)c2ccc(C)cc2)cc1. The van der Waals surface area contributed by atoms with Crippen LogP contribution in [0.1, 0.15) is 39.1 Å². The molecule has 0 radical (unpaired) electrons. The summed E-state index contributed by atoms with van der Waals surface area (Å²) in [6, 6.07) is 13.9. The minimum Gasteiger partial charge on any atom is -0.355 e. The van der Waals surface area contributed by atoms with Gasteiger partial charge in [0.15, 0.2) is 5.78 Å². The minimum absolute atomic E-state index is 0.0554. The Morgan fingerprint density at radius 1 is 0.833 bits per heavy atom. The fourth-order valence-electron chi connectivity index (χ4n) is 2.18. The Morgan fingerprint density at radius 2 is 1.42 bits per heavy atom. The molecule has 24 heavy (non-hydrogen) atoms. The van der Waals surface area contributed by atoms with Crippen LogP contribution in [0, 0.1) is 6.92 Å². The Hall–Kier alpha value is -2.95. The van der Waals surface area contributed by atoms with Gasteiger partial charge in [-0.3, -0.25) is 14.4 Å². The lowest BCUT2D eigenvalue weighted by Gasteiger charge is -2.06. The average Bonchev–Trinajstić information content (AvgIpc) is 2.60. The molecule has 124 valence electrons. The summed E-state index contributed by atoms with van der Waals surface area (Å²) in [5.41, 5.74) is 2.81. The van der Waals surface area contributed by atoms with Gasteiger partial charge in [0, 0.05) is 36.7 Å². The highest BCUT2D eigenvalue weighted by Gasteiger charge is 2.10. The van der Waals surface area contributed by atoms with Crippen molar-refractivity contribution in [3.63, 3.8) is 0 Å². The highest BCUT2D eigenvalue weighted by molar-refractivity contribution is 6.00. The predicted molar refractivity (Wildman–Crippen MR) is 93.2 cm³/mol. The summed E-state index contributed by atoms with van der Waals surface area (Å²) in [5.74, 6) is -0.472. The Bertz CT molecular complexity index is 734. The van der Waals surface area contributed by atoms with E-state index in [1.54, 1.807) is 43.4 Å². The van der Waals surface area contributed by atoms with Crippen molar-refractivity contribution in [1.29, 1.82) is 0 Å². The van der Waals surface area contributed by atoms with E-state index >= 15 is 0 Å². The van der Waals surface area contributed by atoms with Crippen LogP contribution in [0.4, 0.5) is 5.69 Å². The van der Waals surface area contributed by atoms with E-state index in [4.69, 9.17) is 0 Å². The van der Waals surface area contributed by atoms with Gasteiger partial charge in [-0.1, -0.05) is 29.8 Å². The number of benzene rings is 2. The van der Waals surface area contributed by atoms with Crippen molar-refractivity contribution in [2.75, 3.05) is 12.4 Å². The van der Waals surface area contributed by atoms with Crippen molar-refractivity contribution >= 4 is 23.3 Å². The van der Waals surface area contributed by atoms with Crippen molar-refractivity contribution in [3.8, 4) is 0 Å². The van der Waals surface area contributed by atoms with Crippen LogP contribution in [0.25, 0.3) is 0 Å². The molecule has 2 rings (SSSR count). The van der Waals surface area contributed by atoms with Gasteiger partial charge in [0.1, 0.15) is 0 Å². The summed E-state index contributed by atoms with van der Waals surface area (Å²) in [6.45, 7) is 1.96. The third-order valence-electron chi connectivity index (χ3n) is 3.61. The molecule has 0 unspecified atom stereocenters. The van der Waals surface area contributed by atoms with Gasteiger partial charge in [-0.25, -0.2) is 0 Å². The number of amides is 2. The van der Waals surface area contributed by atoms with Crippen LogP contribution in [0.2, 0.25) is 0 Å².